The van der Waals surface area contributed by atoms with Crippen LogP contribution < -0.4 is 0 Å². The van der Waals surface area contributed by atoms with Gasteiger partial charge in [0.15, 0.2) is 0 Å². The lowest BCUT2D eigenvalue weighted by Gasteiger charge is -2.11. The van der Waals surface area contributed by atoms with Crippen LogP contribution in [0.2, 0.25) is 0 Å². The third-order valence-corrected chi connectivity index (χ3v) is 3.11. The Labute approximate surface area is 89.8 Å². The molecule has 0 spiro atoms. The predicted octanol–water partition coefficient (Wildman–Crippen LogP) is 1.24. The van der Waals surface area contributed by atoms with Crippen LogP contribution >= 0.6 is 0 Å². The van der Waals surface area contributed by atoms with E-state index < -0.39 is 0 Å². The number of carbonyl (C=O) groups excluding carboxylic acids is 1. The van der Waals surface area contributed by atoms with Crippen LogP contribution in [-0.4, -0.2) is 24.3 Å². The molecule has 0 aromatic heterocycles. The van der Waals surface area contributed by atoms with Gasteiger partial charge in [-0.15, -0.1) is 0 Å². The van der Waals surface area contributed by atoms with Crippen molar-refractivity contribution in [3.8, 4) is 6.07 Å². The molecule has 1 aliphatic carbocycles. The topological polar surface area (TPSA) is 70.3 Å². The normalized spacial score (nSPS) is 28.2. The molecule has 4 heteroatoms. The fourth-order valence-electron chi connectivity index (χ4n) is 1.83. The third kappa shape index (κ3) is 2.93. The number of aliphatic hydroxyl groups excluding tert-OH is 1. The van der Waals surface area contributed by atoms with Crippen LogP contribution in [0.3, 0.4) is 0 Å². The van der Waals surface area contributed by atoms with Crippen molar-refractivity contribution >= 4 is 5.97 Å². The number of nitrogens with zero attached hydrogens (tertiary/aromatic N) is 1. The number of aliphatic hydroxyl groups is 1. The highest BCUT2D eigenvalue weighted by Crippen LogP contribution is 2.57. The molecule has 1 N–H and O–H groups in total. The Morgan fingerprint density at radius 2 is 2.47 bits per heavy atom. The molecule has 0 heterocycles. The van der Waals surface area contributed by atoms with Crippen LogP contribution in [0.5, 0.6) is 0 Å². The first kappa shape index (κ1) is 12.0. The SMILES string of the molecule is CC[C@@]1(CC(=O)OCCCO)C[C@@H]1C#N. The zero-order valence-electron chi connectivity index (χ0n) is 9.03. The minimum absolute atomic E-state index is 0.0212. The molecule has 1 saturated carbocycles. The average Bonchev–Trinajstić information content (AvgIpc) is 2.93. The standard InChI is InChI=1S/C11H17NO3/c1-2-11(6-9(11)8-12)7-10(14)15-5-3-4-13/h9,13H,2-7H2,1H3/t9-,11+/m1/s1. The van der Waals surface area contributed by atoms with Crippen LogP contribution in [0.1, 0.15) is 32.6 Å². The molecule has 84 valence electrons. The van der Waals surface area contributed by atoms with Gasteiger partial charge in [-0.25, -0.2) is 0 Å². The summed E-state index contributed by atoms with van der Waals surface area (Å²) in [5, 5.41) is 17.3. The largest absolute Gasteiger partial charge is 0.466 e. The second kappa shape index (κ2) is 5.13. The molecule has 0 aliphatic heterocycles. The number of carbonyl (C=O) groups is 1. The van der Waals surface area contributed by atoms with Gasteiger partial charge < -0.3 is 9.84 Å². The van der Waals surface area contributed by atoms with E-state index in [1.54, 1.807) is 0 Å². The summed E-state index contributed by atoms with van der Waals surface area (Å²) in [6.07, 6.45) is 2.48. The van der Waals surface area contributed by atoms with E-state index in [4.69, 9.17) is 15.1 Å². The maximum absolute atomic E-state index is 11.4. The molecule has 4 nitrogen and oxygen atoms in total. The summed E-state index contributed by atoms with van der Waals surface area (Å²) in [6.45, 7) is 2.30. The molecule has 0 amide bonds. The molecule has 2 atom stereocenters. The highest BCUT2D eigenvalue weighted by molar-refractivity contribution is 5.71. The molecule has 0 radical (unpaired) electrons. The van der Waals surface area contributed by atoms with Gasteiger partial charge in [-0.2, -0.15) is 5.26 Å². The van der Waals surface area contributed by atoms with E-state index in [0.717, 1.165) is 12.8 Å². The van der Waals surface area contributed by atoms with Crippen molar-refractivity contribution in [2.24, 2.45) is 11.3 Å². The Morgan fingerprint density at radius 1 is 1.73 bits per heavy atom. The number of rotatable bonds is 6. The number of nitriles is 1. The molecule has 0 unspecified atom stereocenters. The Balaban J connectivity index is 2.29. The summed E-state index contributed by atoms with van der Waals surface area (Å²) in [4.78, 5) is 11.4. The Bertz CT molecular complexity index is 271. The number of hydrogen-bond acceptors (Lipinski definition) is 4. The zero-order valence-corrected chi connectivity index (χ0v) is 9.03. The van der Waals surface area contributed by atoms with Crippen molar-refractivity contribution in [1.82, 2.24) is 0 Å². The lowest BCUT2D eigenvalue weighted by molar-refractivity contribution is -0.145. The molecule has 0 aromatic carbocycles. The summed E-state index contributed by atoms with van der Waals surface area (Å²) in [5.41, 5.74) is -0.120. The number of ether oxygens (including phenoxy) is 1. The summed E-state index contributed by atoms with van der Waals surface area (Å²) in [7, 11) is 0. The summed E-state index contributed by atoms with van der Waals surface area (Å²) < 4.78 is 4.94. The van der Waals surface area contributed by atoms with Gasteiger partial charge in [0.25, 0.3) is 0 Å². The fraction of sp³-hybridized carbons (Fsp3) is 0.818. The second-order valence-electron chi connectivity index (χ2n) is 4.08. The Kier molecular flexibility index (Phi) is 4.10. The van der Waals surface area contributed by atoms with E-state index >= 15 is 0 Å². The van der Waals surface area contributed by atoms with Crippen molar-refractivity contribution in [2.75, 3.05) is 13.2 Å². The lowest BCUT2D eigenvalue weighted by atomic mass is 9.96. The maximum Gasteiger partial charge on any atom is 0.306 e. The molecule has 1 rings (SSSR count). The first-order chi connectivity index (χ1) is 7.18. The second-order valence-corrected chi connectivity index (χ2v) is 4.08. The van der Waals surface area contributed by atoms with E-state index in [1.807, 2.05) is 6.92 Å². The first-order valence-corrected chi connectivity index (χ1v) is 5.34. The van der Waals surface area contributed by atoms with E-state index in [1.165, 1.54) is 0 Å². The van der Waals surface area contributed by atoms with Crippen LogP contribution in [0, 0.1) is 22.7 Å². The molecule has 0 aromatic rings. The molecular formula is C11H17NO3. The molecule has 0 bridgehead atoms. The summed E-state index contributed by atoms with van der Waals surface area (Å²) in [6, 6.07) is 2.21. The van der Waals surface area contributed by atoms with Crippen LogP contribution in [0.15, 0.2) is 0 Å². The lowest BCUT2D eigenvalue weighted by Crippen LogP contribution is -2.14. The van der Waals surface area contributed by atoms with Gasteiger partial charge in [-0.3, -0.25) is 4.79 Å². The van der Waals surface area contributed by atoms with Crippen LogP contribution in [0.4, 0.5) is 0 Å². The van der Waals surface area contributed by atoms with Crippen molar-refractivity contribution < 1.29 is 14.6 Å². The predicted molar refractivity (Wildman–Crippen MR) is 53.7 cm³/mol. The molecule has 1 fully saturated rings. The number of esters is 1. The van der Waals surface area contributed by atoms with Gasteiger partial charge in [-0.1, -0.05) is 6.92 Å². The van der Waals surface area contributed by atoms with Crippen molar-refractivity contribution in [1.29, 1.82) is 5.26 Å². The Morgan fingerprint density at radius 3 is 2.93 bits per heavy atom. The molecule has 15 heavy (non-hydrogen) atoms. The van der Waals surface area contributed by atoms with Gasteiger partial charge in [0.1, 0.15) is 0 Å². The maximum atomic E-state index is 11.4. The highest BCUT2D eigenvalue weighted by atomic mass is 16.5. The van der Waals surface area contributed by atoms with Gasteiger partial charge in [0.2, 0.25) is 0 Å². The van der Waals surface area contributed by atoms with Gasteiger partial charge >= 0.3 is 5.97 Å². The quantitative estimate of drug-likeness (QED) is 0.530. The Hall–Kier alpha value is -1.08. The smallest absolute Gasteiger partial charge is 0.306 e. The molecule has 0 saturated heterocycles. The monoisotopic (exact) mass is 211 g/mol. The molecular weight excluding hydrogens is 194 g/mol. The highest BCUT2D eigenvalue weighted by Gasteiger charge is 2.54. The zero-order chi connectivity index (χ0) is 11.3. The average molecular weight is 211 g/mol. The van der Waals surface area contributed by atoms with Gasteiger partial charge in [-0.05, 0) is 18.3 Å². The van der Waals surface area contributed by atoms with E-state index in [9.17, 15) is 4.79 Å². The van der Waals surface area contributed by atoms with Crippen molar-refractivity contribution in [2.45, 2.75) is 32.6 Å². The van der Waals surface area contributed by atoms with Crippen LogP contribution in [-0.2, 0) is 9.53 Å². The van der Waals surface area contributed by atoms with E-state index in [-0.39, 0.29) is 30.5 Å². The van der Waals surface area contributed by atoms with E-state index in [0.29, 0.717) is 12.8 Å². The number of hydrogen-bond donors (Lipinski definition) is 1. The molecule has 1 aliphatic rings. The van der Waals surface area contributed by atoms with Crippen LogP contribution in [0.25, 0.3) is 0 Å². The fourth-order valence-corrected chi connectivity index (χ4v) is 1.83. The third-order valence-electron chi connectivity index (χ3n) is 3.11. The van der Waals surface area contributed by atoms with Gasteiger partial charge in [0.05, 0.1) is 25.0 Å². The summed E-state index contributed by atoms with van der Waals surface area (Å²) >= 11 is 0. The van der Waals surface area contributed by atoms with E-state index in [2.05, 4.69) is 6.07 Å². The minimum Gasteiger partial charge on any atom is -0.466 e. The summed E-state index contributed by atoms with van der Waals surface area (Å²) in [5.74, 6) is -0.226. The van der Waals surface area contributed by atoms with Crippen molar-refractivity contribution in [3.63, 3.8) is 0 Å². The minimum atomic E-state index is -0.247. The first-order valence-electron chi connectivity index (χ1n) is 5.34. The van der Waals surface area contributed by atoms with Gasteiger partial charge in [0, 0.05) is 13.0 Å². The van der Waals surface area contributed by atoms with Crippen molar-refractivity contribution in [3.05, 3.63) is 0 Å².